The number of benzene rings is 1. The molecule has 0 saturated carbocycles. The Labute approximate surface area is 112 Å². The first kappa shape index (κ1) is 12.6. The van der Waals surface area contributed by atoms with Crippen molar-refractivity contribution >= 4 is 16.7 Å². The molecule has 0 radical (unpaired) electrons. The molecule has 2 aromatic heterocycles. The van der Waals surface area contributed by atoms with E-state index in [1.807, 2.05) is 0 Å². The number of H-pyrrole nitrogens is 1. The van der Waals surface area contributed by atoms with Crippen molar-refractivity contribution in [2.75, 3.05) is 5.73 Å². The summed E-state index contributed by atoms with van der Waals surface area (Å²) in [6.07, 6.45) is -4.35. The molecule has 0 bridgehead atoms. The Morgan fingerprint density at radius 3 is 2.55 bits per heavy atom. The zero-order valence-electron chi connectivity index (χ0n) is 10.5. The maximum atomic E-state index is 12.7. The fraction of sp³-hybridized carbons (Fsp3) is 0.154. The number of hydrogen-bond acceptors (Lipinski definition) is 2. The maximum absolute atomic E-state index is 12.7. The highest BCUT2D eigenvalue weighted by atomic mass is 19.4. The van der Waals surface area contributed by atoms with Crippen LogP contribution in [0.1, 0.15) is 5.56 Å². The van der Waals surface area contributed by atoms with Gasteiger partial charge in [-0.2, -0.15) is 18.3 Å². The lowest BCUT2D eigenvalue weighted by Gasteiger charge is -2.05. The Balaban J connectivity index is 2.11. The van der Waals surface area contributed by atoms with E-state index in [9.17, 15) is 13.2 Å². The molecule has 1 aromatic carbocycles. The number of nitrogens with one attached hydrogen (secondary N) is 1. The van der Waals surface area contributed by atoms with Crippen LogP contribution in [-0.4, -0.2) is 14.8 Å². The van der Waals surface area contributed by atoms with E-state index in [0.29, 0.717) is 28.1 Å². The molecule has 0 spiro atoms. The second-order valence-electron chi connectivity index (χ2n) is 4.56. The van der Waals surface area contributed by atoms with Crippen molar-refractivity contribution in [3.63, 3.8) is 0 Å². The first-order chi connectivity index (χ1) is 9.34. The number of anilines is 1. The Morgan fingerprint density at radius 1 is 1.20 bits per heavy atom. The summed E-state index contributed by atoms with van der Waals surface area (Å²) in [6.45, 7) is 0. The SMILES string of the molecule is Cn1nc(-c2cc3ccc(C(F)(F)F)cc3[nH]2)cc1N. The van der Waals surface area contributed by atoms with Gasteiger partial charge in [0.25, 0.3) is 0 Å². The Kier molecular flexibility index (Phi) is 2.53. The predicted octanol–water partition coefficient (Wildman–Crippen LogP) is 3.17. The van der Waals surface area contributed by atoms with Gasteiger partial charge < -0.3 is 10.7 Å². The zero-order valence-corrected chi connectivity index (χ0v) is 10.5. The van der Waals surface area contributed by atoms with Gasteiger partial charge in [-0.3, -0.25) is 4.68 Å². The van der Waals surface area contributed by atoms with Crippen LogP contribution >= 0.6 is 0 Å². The molecule has 3 N–H and O–H groups in total. The maximum Gasteiger partial charge on any atom is 0.416 e. The molecule has 0 fully saturated rings. The van der Waals surface area contributed by atoms with Gasteiger partial charge in [-0.1, -0.05) is 6.07 Å². The third-order valence-electron chi connectivity index (χ3n) is 3.14. The van der Waals surface area contributed by atoms with Crippen LogP contribution in [-0.2, 0) is 13.2 Å². The van der Waals surface area contributed by atoms with Crippen molar-refractivity contribution in [1.29, 1.82) is 0 Å². The summed E-state index contributed by atoms with van der Waals surface area (Å²) >= 11 is 0. The summed E-state index contributed by atoms with van der Waals surface area (Å²) in [4.78, 5) is 2.93. The zero-order chi connectivity index (χ0) is 14.5. The summed E-state index contributed by atoms with van der Waals surface area (Å²) in [5.41, 5.74) is 6.65. The number of aromatic nitrogens is 3. The number of aryl methyl sites for hydroxylation is 1. The van der Waals surface area contributed by atoms with Crippen molar-refractivity contribution in [2.45, 2.75) is 6.18 Å². The van der Waals surface area contributed by atoms with Crippen molar-refractivity contribution in [3.8, 4) is 11.4 Å². The average Bonchev–Trinajstić information content (AvgIpc) is 2.91. The minimum atomic E-state index is -4.35. The molecule has 3 rings (SSSR count). The van der Waals surface area contributed by atoms with Crippen molar-refractivity contribution < 1.29 is 13.2 Å². The van der Waals surface area contributed by atoms with E-state index < -0.39 is 11.7 Å². The molecule has 0 unspecified atom stereocenters. The smallest absolute Gasteiger partial charge is 0.384 e. The molecule has 104 valence electrons. The molecule has 0 saturated heterocycles. The van der Waals surface area contributed by atoms with Gasteiger partial charge in [0.1, 0.15) is 11.5 Å². The molecule has 0 amide bonds. The molecule has 2 heterocycles. The molecule has 3 aromatic rings. The topological polar surface area (TPSA) is 59.6 Å². The van der Waals surface area contributed by atoms with Gasteiger partial charge in [-0.25, -0.2) is 0 Å². The number of halogens is 3. The lowest BCUT2D eigenvalue weighted by Crippen LogP contribution is -2.03. The fourth-order valence-corrected chi connectivity index (χ4v) is 2.05. The van der Waals surface area contributed by atoms with Gasteiger partial charge in [-0.15, -0.1) is 0 Å². The first-order valence-electron chi connectivity index (χ1n) is 5.84. The molecule has 0 aliphatic carbocycles. The van der Waals surface area contributed by atoms with Crippen LogP contribution in [0, 0.1) is 0 Å². The predicted molar refractivity (Wildman–Crippen MR) is 69.9 cm³/mol. The lowest BCUT2D eigenvalue weighted by atomic mass is 10.1. The summed E-state index contributed by atoms with van der Waals surface area (Å²) in [5.74, 6) is 0.481. The van der Waals surface area contributed by atoms with Crippen LogP contribution in [0.25, 0.3) is 22.3 Å². The number of aromatic amines is 1. The number of alkyl halides is 3. The summed E-state index contributed by atoms with van der Waals surface area (Å²) in [5, 5.41) is 4.88. The molecule has 0 atom stereocenters. The van der Waals surface area contributed by atoms with Crippen LogP contribution in [0.4, 0.5) is 19.0 Å². The van der Waals surface area contributed by atoms with Gasteiger partial charge >= 0.3 is 6.18 Å². The number of rotatable bonds is 1. The number of fused-ring (bicyclic) bond motifs is 1. The third kappa shape index (κ3) is 2.01. The first-order valence-corrected chi connectivity index (χ1v) is 5.84. The van der Waals surface area contributed by atoms with E-state index in [4.69, 9.17) is 5.73 Å². The third-order valence-corrected chi connectivity index (χ3v) is 3.14. The standard InChI is InChI=1S/C13H11F3N4/c1-20-12(17)6-11(19-20)10-4-7-2-3-8(13(14,15)16)5-9(7)18-10/h2-6,18H,17H2,1H3. The number of nitrogens with zero attached hydrogens (tertiary/aromatic N) is 2. The van der Waals surface area contributed by atoms with E-state index in [1.165, 1.54) is 10.7 Å². The highest BCUT2D eigenvalue weighted by Crippen LogP contribution is 2.32. The van der Waals surface area contributed by atoms with Crippen molar-refractivity contribution in [1.82, 2.24) is 14.8 Å². The largest absolute Gasteiger partial charge is 0.416 e. The van der Waals surface area contributed by atoms with Gasteiger partial charge in [0.05, 0.1) is 11.3 Å². The van der Waals surface area contributed by atoms with Crippen LogP contribution in [0.3, 0.4) is 0 Å². The summed E-state index contributed by atoms with van der Waals surface area (Å²) < 4.78 is 39.5. The molecule has 0 aliphatic rings. The van der Waals surface area contributed by atoms with E-state index in [2.05, 4.69) is 10.1 Å². The second kappa shape index (κ2) is 4.03. The highest BCUT2D eigenvalue weighted by molar-refractivity contribution is 5.86. The fourth-order valence-electron chi connectivity index (χ4n) is 2.05. The van der Waals surface area contributed by atoms with E-state index in [0.717, 1.165) is 12.1 Å². The molecule has 20 heavy (non-hydrogen) atoms. The molecular weight excluding hydrogens is 269 g/mol. The van der Waals surface area contributed by atoms with Gasteiger partial charge in [0.2, 0.25) is 0 Å². The van der Waals surface area contributed by atoms with E-state index >= 15 is 0 Å². The van der Waals surface area contributed by atoms with Crippen molar-refractivity contribution in [2.24, 2.45) is 7.05 Å². The molecule has 0 aliphatic heterocycles. The van der Waals surface area contributed by atoms with Gasteiger partial charge in [-0.05, 0) is 18.2 Å². The number of nitrogen functional groups attached to an aromatic ring is 1. The lowest BCUT2D eigenvalue weighted by molar-refractivity contribution is -0.137. The van der Waals surface area contributed by atoms with Crippen molar-refractivity contribution in [3.05, 3.63) is 35.9 Å². The van der Waals surface area contributed by atoms with Crippen LogP contribution in [0.2, 0.25) is 0 Å². The second-order valence-corrected chi connectivity index (χ2v) is 4.56. The van der Waals surface area contributed by atoms with Gasteiger partial charge in [0, 0.05) is 24.0 Å². The van der Waals surface area contributed by atoms with Crippen LogP contribution in [0.5, 0.6) is 0 Å². The quantitative estimate of drug-likeness (QED) is 0.719. The Hall–Kier alpha value is -2.44. The monoisotopic (exact) mass is 280 g/mol. The minimum absolute atomic E-state index is 0.416. The minimum Gasteiger partial charge on any atom is -0.384 e. The normalized spacial score (nSPS) is 12.2. The molecule has 4 nitrogen and oxygen atoms in total. The number of hydrogen-bond donors (Lipinski definition) is 2. The molecular formula is C13H11F3N4. The number of nitrogens with two attached hydrogens (primary N) is 1. The Morgan fingerprint density at radius 2 is 1.95 bits per heavy atom. The van der Waals surface area contributed by atoms with Gasteiger partial charge in [0.15, 0.2) is 0 Å². The summed E-state index contributed by atoms with van der Waals surface area (Å²) in [7, 11) is 1.70. The van der Waals surface area contributed by atoms with Crippen LogP contribution < -0.4 is 5.73 Å². The highest BCUT2D eigenvalue weighted by Gasteiger charge is 2.30. The molecule has 7 heteroatoms. The average molecular weight is 280 g/mol. The van der Waals surface area contributed by atoms with E-state index in [1.54, 1.807) is 19.2 Å². The van der Waals surface area contributed by atoms with Crippen LogP contribution in [0.15, 0.2) is 30.3 Å². The Bertz CT molecular complexity index is 763. The van der Waals surface area contributed by atoms with E-state index in [-0.39, 0.29) is 0 Å². The summed E-state index contributed by atoms with van der Waals surface area (Å²) in [6, 6.07) is 7.00.